The van der Waals surface area contributed by atoms with Crippen LogP contribution in [0.25, 0.3) is 0 Å². The Morgan fingerprint density at radius 2 is 2.21 bits per heavy atom. The van der Waals surface area contributed by atoms with Gasteiger partial charge in [0.2, 0.25) is 11.9 Å². The van der Waals surface area contributed by atoms with Crippen molar-refractivity contribution >= 4 is 11.8 Å². The first-order valence-electron chi connectivity index (χ1n) is 4.26. The molecule has 1 aliphatic rings. The molecule has 0 aromatic carbocycles. The maximum atomic E-state index is 11.4. The zero-order chi connectivity index (χ0) is 10.7. The summed E-state index contributed by atoms with van der Waals surface area (Å²) >= 11 is 0. The van der Waals surface area contributed by atoms with Crippen LogP contribution in [0.1, 0.15) is 6.92 Å². The predicted molar refractivity (Wildman–Crippen MR) is 43.4 cm³/mol. The molecule has 1 heterocycles. The lowest BCUT2D eigenvalue weighted by Crippen LogP contribution is -2.37. The summed E-state index contributed by atoms with van der Waals surface area (Å²) < 4.78 is 9.40. The van der Waals surface area contributed by atoms with Gasteiger partial charge in [0.05, 0.1) is 6.61 Å². The standard InChI is InChI=1S/C8H12O6/c1-2-13-7-5(11)6(4(10)3-9)14-8(7)12/h4,6-7,9-10H,2-3H2,1H3/t4-,6+,7?/m0/s1. The van der Waals surface area contributed by atoms with Crippen LogP contribution in [0.15, 0.2) is 0 Å². The lowest BCUT2D eigenvalue weighted by molar-refractivity contribution is -0.153. The smallest absolute Gasteiger partial charge is 0.344 e. The van der Waals surface area contributed by atoms with E-state index in [2.05, 4.69) is 4.74 Å². The van der Waals surface area contributed by atoms with E-state index in [1.165, 1.54) is 0 Å². The van der Waals surface area contributed by atoms with E-state index in [1.807, 2.05) is 0 Å². The molecule has 6 heteroatoms. The molecular formula is C8H12O6. The molecule has 6 nitrogen and oxygen atoms in total. The average molecular weight is 204 g/mol. The molecule has 0 amide bonds. The molecule has 0 saturated carbocycles. The van der Waals surface area contributed by atoms with Gasteiger partial charge in [-0.25, -0.2) is 4.79 Å². The van der Waals surface area contributed by atoms with Crippen molar-refractivity contribution in [1.82, 2.24) is 0 Å². The lowest BCUT2D eigenvalue weighted by atomic mass is 10.1. The third-order valence-corrected chi connectivity index (χ3v) is 1.87. The molecule has 80 valence electrons. The van der Waals surface area contributed by atoms with Crippen LogP contribution in [0.5, 0.6) is 0 Å². The fourth-order valence-electron chi connectivity index (χ4n) is 1.19. The Labute approximate surface area is 80.4 Å². The number of esters is 1. The van der Waals surface area contributed by atoms with Gasteiger partial charge in [0.15, 0.2) is 6.10 Å². The number of carbonyl (C=O) groups excluding carboxylic acids is 2. The molecule has 1 aliphatic heterocycles. The third kappa shape index (κ3) is 1.92. The first-order valence-corrected chi connectivity index (χ1v) is 4.26. The minimum atomic E-state index is -1.38. The molecule has 1 rings (SSSR count). The monoisotopic (exact) mass is 204 g/mol. The summed E-state index contributed by atoms with van der Waals surface area (Å²) in [6.45, 7) is 1.20. The Hall–Kier alpha value is -0.980. The molecular weight excluding hydrogens is 192 g/mol. The number of Topliss-reactive ketones (excluding diaryl/α,β-unsaturated/α-hetero) is 1. The number of aliphatic hydroxyl groups excluding tert-OH is 2. The average Bonchev–Trinajstić information content (AvgIpc) is 2.45. The maximum absolute atomic E-state index is 11.4. The number of rotatable bonds is 4. The lowest BCUT2D eigenvalue weighted by Gasteiger charge is -2.12. The second-order valence-corrected chi connectivity index (χ2v) is 2.85. The van der Waals surface area contributed by atoms with Crippen molar-refractivity contribution in [3.05, 3.63) is 0 Å². The minimum Gasteiger partial charge on any atom is -0.449 e. The normalized spacial score (nSPS) is 29.1. The fraction of sp³-hybridized carbons (Fsp3) is 0.750. The van der Waals surface area contributed by atoms with Crippen LogP contribution >= 0.6 is 0 Å². The summed E-state index contributed by atoms with van der Waals surface area (Å²) in [5.41, 5.74) is 0. The van der Waals surface area contributed by atoms with Crippen molar-refractivity contribution in [2.45, 2.75) is 25.2 Å². The SMILES string of the molecule is CCOC1C(=O)O[C@H]([C@@H](O)CO)C1=O. The largest absolute Gasteiger partial charge is 0.449 e. The van der Waals surface area contributed by atoms with Crippen LogP contribution in [-0.2, 0) is 19.1 Å². The van der Waals surface area contributed by atoms with Crippen LogP contribution < -0.4 is 0 Å². The highest BCUT2D eigenvalue weighted by molar-refractivity contribution is 6.09. The van der Waals surface area contributed by atoms with Gasteiger partial charge in [-0.1, -0.05) is 0 Å². The second kappa shape index (κ2) is 4.50. The Bertz CT molecular complexity index is 238. The number of carbonyl (C=O) groups is 2. The molecule has 14 heavy (non-hydrogen) atoms. The highest BCUT2D eigenvalue weighted by Crippen LogP contribution is 2.17. The van der Waals surface area contributed by atoms with Crippen LogP contribution in [-0.4, -0.2) is 53.5 Å². The van der Waals surface area contributed by atoms with E-state index in [0.717, 1.165) is 0 Å². The Morgan fingerprint density at radius 1 is 1.57 bits per heavy atom. The van der Waals surface area contributed by atoms with Crippen LogP contribution in [0.2, 0.25) is 0 Å². The topological polar surface area (TPSA) is 93.1 Å². The summed E-state index contributed by atoms with van der Waals surface area (Å²) in [4.78, 5) is 22.4. The molecule has 0 spiro atoms. The molecule has 0 aromatic heterocycles. The molecule has 0 bridgehead atoms. The highest BCUT2D eigenvalue weighted by Gasteiger charge is 2.47. The van der Waals surface area contributed by atoms with Crippen molar-refractivity contribution < 1.29 is 29.3 Å². The first kappa shape index (κ1) is 11.1. The fourth-order valence-corrected chi connectivity index (χ4v) is 1.19. The van der Waals surface area contributed by atoms with E-state index in [0.29, 0.717) is 0 Å². The maximum Gasteiger partial charge on any atom is 0.344 e. The van der Waals surface area contributed by atoms with Gasteiger partial charge >= 0.3 is 5.97 Å². The zero-order valence-corrected chi connectivity index (χ0v) is 7.67. The van der Waals surface area contributed by atoms with Crippen molar-refractivity contribution in [3.8, 4) is 0 Å². The number of cyclic esters (lactones) is 1. The van der Waals surface area contributed by atoms with Gasteiger partial charge in [-0.05, 0) is 6.92 Å². The summed E-state index contributed by atoms with van der Waals surface area (Å²) in [7, 11) is 0. The van der Waals surface area contributed by atoms with E-state index in [-0.39, 0.29) is 6.61 Å². The Morgan fingerprint density at radius 3 is 2.71 bits per heavy atom. The van der Waals surface area contributed by atoms with Crippen molar-refractivity contribution in [2.75, 3.05) is 13.2 Å². The Balaban J connectivity index is 2.68. The summed E-state index contributed by atoms with van der Waals surface area (Å²) in [6, 6.07) is 0. The molecule has 1 unspecified atom stereocenters. The van der Waals surface area contributed by atoms with E-state index >= 15 is 0 Å². The van der Waals surface area contributed by atoms with Gasteiger partial charge < -0.3 is 19.7 Å². The third-order valence-electron chi connectivity index (χ3n) is 1.87. The molecule has 0 radical (unpaired) electrons. The number of hydrogen-bond donors (Lipinski definition) is 2. The van der Waals surface area contributed by atoms with E-state index in [9.17, 15) is 9.59 Å². The summed E-state index contributed by atoms with van der Waals surface area (Å²) in [5.74, 6) is -1.45. The predicted octanol–water partition coefficient (Wildman–Crippen LogP) is -1.76. The molecule has 0 aliphatic carbocycles. The van der Waals surface area contributed by atoms with E-state index < -0.39 is 36.7 Å². The number of ketones is 1. The highest BCUT2D eigenvalue weighted by atomic mass is 16.6. The molecule has 2 N–H and O–H groups in total. The zero-order valence-electron chi connectivity index (χ0n) is 7.67. The van der Waals surface area contributed by atoms with Crippen LogP contribution in [0, 0.1) is 0 Å². The Kier molecular flexibility index (Phi) is 3.56. The van der Waals surface area contributed by atoms with Gasteiger partial charge in [-0.2, -0.15) is 0 Å². The molecule has 0 aromatic rings. The van der Waals surface area contributed by atoms with E-state index in [1.54, 1.807) is 6.92 Å². The molecule has 1 fully saturated rings. The number of hydrogen-bond acceptors (Lipinski definition) is 6. The minimum absolute atomic E-state index is 0.202. The van der Waals surface area contributed by atoms with Gasteiger partial charge in [-0.15, -0.1) is 0 Å². The molecule has 1 saturated heterocycles. The van der Waals surface area contributed by atoms with Gasteiger partial charge in [0.1, 0.15) is 6.10 Å². The van der Waals surface area contributed by atoms with Gasteiger partial charge in [0.25, 0.3) is 0 Å². The number of aliphatic hydroxyl groups is 2. The quantitative estimate of drug-likeness (QED) is 0.416. The first-order chi connectivity index (χ1) is 6.61. The van der Waals surface area contributed by atoms with Crippen molar-refractivity contribution in [2.24, 2.45) is 0 Å². The van der Waals surface area contributed by atoms with Crippen LogP contribution in [0.3, 0.4) is 0 Å². The van der Waals surface area contributed by atoms with Crippen molar-refractivity contribution in [3.63, 3.8) is 0 Å². The second-order valence-electron chi connectivity index (χ2n) is 2.85. The molecule has 3 atom stereocenters. The van der Waals surface area contributed by atoms with Gasteiger partial charge in [-0.3, -0.25) is 4.79 Å². The van der Waals surface area contributed by atoms with Gasteiger partial charge in [0, 0.05) is 6.61 Å². The summed E-state index contributed by atoms with van der Waals surface area (Å²) in [6.07, 6.45) is -3.94. The van der Waals surface area contributed by atoms with Crippen molar-refractivity contribution in [1.29, 1.82) is 0 Å². The summed E-state index contributed by atoms with van der Waals surface area (Å²) in [5, 5.41) is 17.7. The van der Waals surface area contributed by atoms with Crippen LogP contribution in [0.4, 0.5) is 0 Å². The van der Waals surface area contributed by atoms with E-state index in [4.69, 9.17) is 14.9 Å². The number of ether oxygens (including phenoxy) is 2.